The summed E-state index contributed by atoms with van der Waals surface area (Å²) in [6, 6.07) is 19.2. The summed E-state index contributed by atoms with van der Waals surface area (Å²) < 4.78 is 28.1. The zero-order chi connectivity index (χ0) is 21.8. The fourth-order valence-corrected chi connectivity index (χ4v) is 4.34. The molecule has 0 unspecified atom stereocenters. The first kappa shape index (κ1) is 21.5. The van der Waals surface area contributed by atoms with Gasteiger partial charge in [-0.15, -0.1) is 0 Å². The third kappa shape index (κ3) is 5.11. The molecule has 0 saturated heterocycles. The van der Waals surface area contributed by atoms with Crippen molar-refractivity contribution in [3.63, 3.8) is 0 Å². The molecule has 8 heteroatoms. The first-order valence-electron chi connectivity index (χ1n) is 9.33. The van der Waals surface area contributed by atoms with Crippen molar-refractivity contribution in [2.45, 2.75) is 11.4 Å². The fraction of sp³-hybridized carbons (Fsp3) is 0.0435. The minimum absolute atomic E-state index is 0.145. The molecular formula is C23H17Cl2N3O2S. The van der Waals surface area contributed by atoms with Gasteiger partial charge in [0, 0.05) is 30.7 Å². The van der Waals surface area contributed by atoms with Crippen molar-refractivity contribution in [3.8, 4) is 22.4 Å². The van der Waals surface area contributed by atoms with Crippen LogP contribution in [-0.2, 0) is 16.6 Å². The lowest BCUT2D eigenvalue weighted by molar-refractivity contribution is 0.581. The van der Waals surface area contributed by atoms with Gasteiger partial charge in [-0.05, 0) is 65.2 Å². The van der Waals surface area contributed by atoms with Crippen LogP contribution in [0.1, 0.15) is 5.56 Å². The highest BCUT2D eigenvalue weighted by atomic mass is 35.5. The minimum Gasteiger partial charge on any atom is -0.264 e. The normalized spacial score (nSPS) is 11.4. The van der Waals surface area contributed by atoms with Crippen LogP contribution in [-0.4, -0.2) is 18.4 Å². The summed E-state index contributed by atoms with van der Waals surface area (Å²) in [6.45, 7) is 0.145. The SMILES string of the molecule is O=S(=O)(NCc1ccnc(-c2cccnc2)c1)c1ccc(-c2ccc(Cl)c(Cl)c2)cc1. The second kappa shape index (κ2) is 9.16. The summed E-state index contributed by atoms with van der Waals surface area (Å²) in [6.07, 6.45) is 5.05. The maximum Gasteiger partial charge on any atom is 0.240 e. The second-order valence-electron chi connectivity index (χ2n) is 6.77. The number of nitrogens with zero attached hydrogens (tertiary/aromatic N) is 2. The lowest BCUT2D eigenvalue weighted by atomic mass is 10.1. The predicted octanol–water partition coefficient (Wildman–Crippen LogP) is 5.60. The molecule has 2 heterocycles. The number of sulfonamides is 1. The van der Waals surface area contributed by atoms with Crippen LogP contribution >= 0.6 is 23.2 Å². The first-order chi connectivity index (χ1) is 14.9. The lowest BCUT2D eigenvalue weighted by Gasteiger charge is -2.09. The van der Waals surface area contributed by atoms with Crippen LogP contribution in [0.25, 0.3) is 22.4 Å². The van der Waals surface area contributed by atoms with E-state index in [9.17, 15) is 8.42 Å². The van der Waals surface area contributed by atoms with E-state index < -0.39 is 10.0 Å². The van der Waals surface area contributed by atoms with E-state index in [1.165, 1.54) is 0 Å². The molecule has 156 valence electrons. The highest BCUT2D eigenvalue weighted by molar-refractivity contribution is 7.89. The molecular weight excluding hydrogens is 453 g/mol. The molecule has 0 atom stereocenters. The van der Waals surface area contributed by atoms with Crippen LogP contribution < -0.4 is 4.72 Å². The summed E-state index contributed by atoms with van der Waals surface area (Å²) in [7, 11) is -3.68. The van der Waals surface area contributed by atoms with Gasteiger partial charge in [0.2, 0.25) is 10.0 Å². The molecule has 0 spiro atoms. The molecule has 0 bridgehead atoms. The predicted molar refractivity (Wildman–Crippen MR) is 123 cm³/mol. The molecule has 2 aromatic heterocycles. The number of pyridine rings is 2. The van der Waals surface area contributed by atoms with Gasteiger partial charge in [-0.3, -0.25) is 9.97 Å². The van der Waals surface area contributed by atoms with E-state index in [0.717, 1.165) is 27.9 Å². The molecule has 0 aliphatic rings. The third-order valence-corrected chi connectivity index (χ3v) is 6.82. The number of hydrogen-bond donors (Lipinski definition) is 1. The molecule has 0 aliphatic carbocycles. The number of hydrogen-bond acceptors (Lipinski definition) is 4. The van der Waals surface area contributed by atoms with Gasteiger partial charge < -0.3 is 0 Å². The zero-order valence-corrected chi connectivity index (χ0v) is 18.5. The van der Waals surface area contributed by atoms with Gasteiger partial charge in [-0.1, -0.05) is 41.4 Å². The lowest BCUT2D eigenvalue weighted by Crippen LogP contribution is -2.23. The van der Waals surface area contributed by atoms with Crippen molar-refractivity contribution in [1.82, 2.24) is 14.7 Å². The van der Waals surface area contributed by atoms with Gasteiger partial charge >= 0.3 is 0 Å². The summed E-state index contributed by atoms with van der Waals surface area (Å²) >= 11 is 12.0. The summed E-state index contributed by atoms with van der Waals surface area (Å²) in [5, 5.41) is 0.914. The van der Waals surface area contributed by atoms with Crippen LogP contribution in [0.5, 0.6) is 0 Å². The molecule has 2 aromatic carbocycles. The van der Waals surface area contributed by atoms with E-state index >= 15 is 0 Å². The van der Waals surface area contributed by atoms with Gasteiger partial charge in [-0.2, -0.15) is 0 Å². The Balaban J connectivity index is 1.48. The van der Waals surface area contributed by atoms with Crippen LogP contribution in [0.4, 0.5) is 0 Å². The number of aromatic nitrogens is 2. The molecule has 31 heavy (non-hydrogen) atoms. The molecule has 0 amide bonds. The second-order valence-corrected chi connectivity index (χ2v) is 9.35. The van der Waals surface area contributed by atoms with Crippen LogP contribution in [0.2, 0.25) is 10.0 Å². The van der Waals surface area contributed by atoms with Crippen molar-refractivity contribution >= 4 is 33.2 Å². The number of halogens is 2. The highest BCUT2D eigenvalue weighted by Crippen LogP contribution is 2.29. The fourth-order valence-electron chi connectivity index (χ4n) is 3.02. The van der Waals surface area contributed by atoms with E-state index in [0.29, 0.717) is 10.0 Å². The number of nitrogens with one attached hydrogen (secondary N) is 1. The molecule has 0 saturated carbocycles. The summed E-state index contributed by atoms with van der Waals surface area (Å²) in [5.41, 5.74) is 4.09. The first-order valence-corrected chi connectivity index (χ1v) is 11.6. The maximum atomic E-state index is 12.7. The van der Waals surface area contributed by atoms with E-state index in [1.807, 2.05) is 24.3 Å². The van der Waals surface area contributed by atoms with E-state index in [1.54, 1.807) is 61.1 Å². The monoisotopic (exact) mass is 469 g/mol. The Kier molecular flexibility index (Phi) is 6.34. The van der Waals surface area contributed by atoms with Crippen molar-refractivity contribution in [1.29, 1.82) is 0 Å². The van der Waals surface area contributed by atoms with Gasteiger partial charge in [0.15, 0.2) is 0 Å². The molecule has 4 rings (SSSR count). The van der Waals surface area contributed by atoms with Crippen molar-refractivity contribution < 1.29 is 8.42 Å². The minimum atomic E-state index is -3.68. The van der Waals surface area contributed by atoms with Crippen molar-refractivity contribution in [2.24, 2.45) is 0 Å². The van der Waals surface area contributed by atoms with Crippen LogP contribution in [0.15, 0.2) is 90.2 Å². The quantitative estimate of drug-likeness (QED) is 0.399. The summed E-state index contributed by atoms with van der Waals surface area (Å²) in [5.74, 6) is 0. The topological polar surface area (TPSA) is 72.0 Å². The van der Waals surface area contributed by atoms with Gasteiger partial charge in [0.25, 0.3) is 0 Å². The Morgan fingerprint density at radius 3 is 2.29 bits per heavy atom. The third-order valence-electron chi connectivity index (χ3n) is 4.67. The Hall–Kier alpha value is -2.77. The molecule has 4 aromatic rings. The molecule has 5 nitrogen and oxygen atoms in total. The zero-order valence-electron chi connectivity index (χ0n) is 16.2. The molecule has 0 fully saturated rings. The van der Waals surface area contributed by atoms with Gasteiger partial charge in [0.05, 0.1) is 20.6 Å². The van der Waals surface area contributed by atoms with E-state index in [4.69, 9.17) is 23.2 Å². The number of benzene rings is 2. The standard InChI is InChI=1S/C23H17Cl2N3O2S/c24-21-8-5-18(13-22(21)25)17-3-6-20(7-4-17)31(29,30)28-14-16-9-11-27-23(12-16)19-2-1-10-26-15-19/h1-13,15,28H,14H2. The Labute approximate surface area is 190 Å². The molecule has 1 N–H and O–H groups in total. The highest BCUT2D eigenvalue weighted by Gasteiger charge is 2.14. The Bertz CT molecular complexity index is 1310. The average molecular weight is 470 g/mol. The van der Waals surface area contributed by atoms with Crippen LogP contribution in [0.3, 0.4) is 0 Å². The molecule has 0 radical (unpaired) electrons. The summed E-state index contributed by atoms with van der Waals surface area (Å²) in [4.78, 5) is 8.59. The van der Waals surface area contributed by atoms with Crippen LogP contribution in [0, 0.1) is 0 Å². The van der Waals surface area contributed by atoms with E-state index in [-0.39, 0.29) is 11.4 Å². The molecule has 0 aliphatic heterocycles. The van der Waals surface area contributed by atoms with Crippen molar-refractivity contribution in [2.75, 3.05) is 0 Å². The Morgan fingerprint density at radius 1 is 0.806 bits per heavy atom. The van der Waals surface area contributed by atoms with Gasteiger partial charge in [-0.25, -0.2) is 13.1 Å². The Morgan fingerprint density at radius 2 is 1.58 bits per heavy atom. The van der Waals surface area contributed by atoms with E-state index in [2.05, 4.69) is 14.7 Å². The average Bonchev–Trinajstić information content (AvgIpc) is 2.80. The smallest absolute Gasteiger partial charge is 0.240 e. The largest absolute Gasteiger partial charge is 0.264 e. The maximum absolute atomic E-state index is 12.7. The van der Waals surface area contributed by atoms with Crippen molar-refractivity contribution in [3.05, 3.63) is 101 Å². The van der Waals surface area contributed by atoms with Gasteiger partial charge in [0.1, 0.15) is 0 Å². The number of rotatable bonds is 6.